The van der Waals surface area contributed by atoms with Crippen LogP contribution in [0.3, 0.4) is 0 Å². The van der Waals surface area contributed by atoms with Gasteiger partial charge in [0.25, 0.3) is 0 Å². The fourth-order valence-electron chi connectivity index (χ4n) is 2.70. The Labute approximate surface area is 120 Å². The van der Waals surface area contributed by atoms with Crippen LogP contribution >= 0.6 is 0 Å². The molecule has 0 amide bonds. The number of nitrogens with one attached hydrogen (secondary N) is 1. The number of hydrogen-bond acceptors (Lipinski definition) is 3. The highest BCUT2D eigenvalue weighted by Gasteiger charge is 2.10. The second-order valence-corrected chi connectivity index (χ2v) is 5.34. The van der Waals surface area contributed by atoms with Crippen molar-refractivity contribution in [3.63, 3.8) is 0 Å². The summed E-state index contributed by atoms with van der Waals surface area (Å²) >= 11 is 0. The molecule has 106 valence electrons. The van der Waals surface area contributed by atoms with E-state index < -0.39 is 0 Å². The fourth-order valence-corrected chi connectivity index (χ4v) is 2.70. The van der Waals surface area contributed by atoms with Crippen LogP contribution in [-0.4, -0.2) is 34.1 Å². The number of likely N-dealkylation sites (tertiary alicyclic amines) is 1. The van der Waals surface area contributed by atoms with Gasteiger partial charge in [-0.25, -0.2) is 4.98 Å². The summed E-state index contributed by atoms with van der Waals surface area (Å²) in [5, 5.41) is 3.37. The average Bonchev–Trinajstić information content (AvgIpc) is 2.94. The predicted octanol–water partition coefficient (Wildman–Crippen LogP) is 3.11. The first-order valence-electron chi connectivity index (χ1n) is 7.47. The molecular formula is C16H22N4. The summed E-state index contributed by atoms with van der Waals surface area (Å²) in [6, 6.07) is 10.2. The Morgan fingerprint density at radius 1 is 1.00 bits per heavy atom. The number of imidazole rings is 1. The van der Waals surface area contributed by atoms with Gasteiger partial charge in [-0.3, -0.25) is 0 Å². The van der Waals surface area contributed by atoms with Crippen LogP contribution in [-0.2, 0) is 6.54 Å². The molecule has 1 aliphatic heterocycles. The first-order valence-corrected chi connectivity index (χ1v) is 7.47. The number of anilines is 2. The third-order valence-electron chi connectivity index (χ3n) is 3.85. The summed E-state index contributed by atoms with van der Waals surface area (Å²) < 4.78 is 2.20. The van der Waals surface area contributed by atoms with E-state index in [-0.39, 0.29) is 0 Å². The third-order valence-corrected chi connectivity index (χ3v) is 3.85. The molecule has 0 bridgehead atoms. The van der Waals surface area contributed by atoms with Crippen LogP contribution in [0.1, 0.15) is 19.3 Å². The SMILES string of the molecule is c1ccc(Nc2nccn2CCN2CCCCC2)cc1. The van der Waals surface area contributed by atoms with Crippen molar-refractivity contribution < 1.29 is 0 Å². The first-order chi connectivity index (χ1) is 9.92. The van der Waals surface area contributed by atoms with Crippen molar-refractivity contribution >= 4 is 11.6 Å². The van der Waals surface area contributed by atoms with E-state index in [2.05, 4.69) is 38.1 Å². The van der Waals surface area contributed by atoms with E-state index in [0.717, 1.165) is 24.7 Å². The smallest absolute Gasteiger partial charge is 0.207 e. The molecule has 1 aromatic heterocycles. The van der Waals surface area contributed by atoms with Crippen LogP contribution in [0.5, 0.6) is 0 Å². The topological polar surface area (TPSA) is 33.1 Å². The Kier molecular flexibility index (Phi) is 4.33. The van der Waals surface area contributed by atoms with Crippen LogP contribution < -0.4 is 5.32 Å². The van der Waals surface area contributed by atoms with Crippen LogP contribution in [0.15, 0.2) is 42.7 Å². The minimum absolute atomic E-state index is 0.924. The molecule has 0 radical (unpaired) electrons. The molecule has 0 saturated carbocycles. The van der Waals surface area contributed by atoms with E-state index in [4.69, 9.17) is 0 Å². The van der Waals surface area contributed by atoms with Gasteiger partial charge in [0.05, 0.1) is 0 Å². The van der Waals surface area contributed by atoms with E-state index >= 15 is 0 Å². The quantitative estimate of drug-likeness (QED) is 0.906. The Morgan fingerprint density at radius 3 is 2.60 bits per heavy atom. The average molecular weight is 270 g/mol. The maximum Gasteiger partial charge on any atom is 0.207 e. The minimum Gasteiger partial charge on any atom is -0.326 e. The van der Waals surface area contributed by atoms with Crippen LogP contribution in [0.4, 0.5) is 11.6 Å². The van der Waals surface area contributed by atoms with Gasteiger partial charge in [0.1, 0.15) is 0 Å². The van der Waals surface area contributed by atoms with Crippen molar-refractivity contribution in [3.8, 4) is 0 Å². The van der Waals surface area contributed by atoms with Gasteiger partial charge in [0.2, 0.25) is 5.95 Å². The molecule has 0 atom stereocenters. The number of benzene rings is 1. The monoisotopic (exact) mass is 270 g/mol. The van der Waals surface area contributed by atoms with Crippen molar-refractivity contribution in [1.29, 1.82) is 0 Å². The van der Waals surface area contributed by atoms with Crippen molar-refractivity contribution in [2.75, 3.05) is 25.0 Å². The number of hydrogen-bond donors (Lipinski definition) is 1. The number of rotatable bonds is 5. The van der Waals surface area contributed by atoms with E-state index in [1.807, 2.05) is 24.4 Å². The van der Waals surface area contributed by atoms with Crippen molar-refractivity contribution in [2.45, 2.75) is 25.8 Å². The lowest BCUT2D eigenvalue weighted by atomic mass is 10.1. The van der Waals surface area contributed by atoms with Gasteiger partial charge in [-0.1, -0.05) is 24.6 Å². The standard InChI is InChI=1S/C16H22N4/c1-3-7-15(8-4-1)18-16-17-9-12-20(16)14-13-19-10-5-2-6-11-19/h1,3-4,7-9,12H,2,5-6,10-11,13-14H2,(H,17,18). The van der Waals surface area contributed by atoms with Crippen molar-refractivity contribution in [3.05, 3.63) is 42.7 Å². The number of nitrogens with zero attached hydrogens (tertiary/aromatic N) is 3. The van der Waals surface area contributed by atoms with Crippen LogP contribution in [0.25, 0.3) is 0 Å². The predicted molar refractivity (Wildman–Crippen MR) is 82.2 cm³/mol. The van der Waals surface area contributed by atoms with Crippen molar-refractivity contribution in [2.24, 2.45) is 0 Å². The van der Waals surface area contributed by atoms with Gasteiger partial charge in [-0.05, 0) is 38.1 Å². The lowest BCUT2D eigenvalue weighted by molar-refractivity contribution is 0.221. The molecule has 2 aromatic rings. The molecule has 1 aliphatic rings. The van der Waals surface area contributed by atoms with Crippen molar-refractivity contribution in [1.82, 2.24) is 14.5 Å². The Balaban J connectivity index is 1.58. The molecule has 0 unspecified atom stereocenters. The van der Waals surface area contributed by atoms with Gasteiger partial charge < -0.3 is 14.8 Å². The molecule has 1 aromatic carbocycles. The molecule has 1 N–H and O–H groups in total. The van der Waals surface area contributed by atoms with Crippen LogP contribution in [0.2, 0.25) is 0 Å². The van der Waals surface area contributed by atoms with Gasteiger partial charge in [-0.2, -0.15) is 0 Å². The molecule has 1 fully saturated rings. The second-order valence-electron chi connectivity index (χ2n) is 5.34. The molecule has 0 aliphatic carbocycles. The van der Waals surface area contributed by atoms with E-state index in [0.29, 0.717) is 0 Å². The lowest BCUT2D eigenvalue weighted by Crippen LogP contribution is -2.32. The molecule has 3 rings (SSSR count). The summed E-state index contributed by atoms with van der Waals surface area (Å²) in [4.78, 5) is 6.96. The molecule has 4 heteroatoms. The summed E-state index contributed by atoms with van der Waals surface area (Å²) in [5.74, 6) is 0.924. The minimum atomic E-state index is 0.924. The molecule has 4 nitrogen and oxygen atoms in total. The normalized spacial score (nSPS) is 16.2. The highest BCUT2D eigenvalue weighted by molar-refractivity contribution is 5.52. The van der Waals surface area contributed by atoms with Crippen LogP contribution in [0, 0.1) is 0 Å². The number of piperidine rings is 1. The Hall–Kier alpha value is -1.81. The summed E-state index contributed by atoms with van der Waals surface area (Å²) in [6.07, 6.45) is 8.00. The molecule has 0 spiro atoms. The lowest BCUT2D eigenvalue weighted by Gasteiger charge is -2.26. The molecule has 20 heavy (non-hydrogen) atoms. The van der Waals surface area contributed by atoms with Gasteiger partial charge in [0.15, 0.2) is 0 Å². The molecular weight excluding hydrogens is 248 g/mol. The Morgan fingerprint density at radius 2 is 1.80 bits per heavy atom. The number of para-hydroxylation sites is 1. The molecule has 1 saturated heterocycles. The van der Waals surface area contributed by atoms with E-state index in [9.17, 15) is 0 Å². The highest BCUT2D eigenvalue weighted by atomic mass is 15.2. The zero-order valence-electron chi connectivity index (χ0n) is 11.8. The zero-order chi connectivity index (χ0) is 13.6. The summed E-state index contributed by atoms with van der Waals surface area (Å²) in [7, 11) is 0. The highest BCUT2D eigenvalue weighted by Crippen LogP contribution is 2.15. The Bertz CT molecular complexity index is 514. The van der Waals surface area contributed by atoms with Gasteiger partial charge in [-0.15, -0.1) is 0 Å². The third kappa shape index (κ3) is 3.39. The molecule has 2 heterocycles. The van der Waals surface area contributed by atoms with E-state index in [1.165, 1.54) is 32.4 Å². The van der Waals surface area contributed by atoms with Gasteiger partial charge in [0, 0.05) is 31.2 Å². The zero-order valence-corrected chi connectivity index (χ0v) is 11.8. The maximum atomic E-state index is 4.41. The number of aromatic nitrogens is 2. The van der Waals surface area contributed by atoms with Gasteiger partial charge >= 0.3 is 0 Å². The van der Waals surface area contributed by atoms with E-state index in [1.54, 1.807) is 0 Å². The maximum absolute atomic E-state index is 4.41. The largest absolute Gasteiger partial charge is 0.326 e. The summed E-state index contributed by atoms with van der Waals surface area (Å²) in [5.41, 5.74) is 1.08. The fraction of sp³-hybridized carbons (Fsp3) is 0.438. The summed E-state index contributed by atoms with van der Waals surface area (Å²) in [6.45, 7) is 4.60. The second kappa shape index (κ2) is 6.57. The first kappa shape index (κ1) is 13.2.